The summed E-state index contributed by atoms with van der Waals surface area (Å²) in [6.07, 6.45) is 10.8. The molecular weight excluding hydrogens is 518 g/mol. The van der Waals surface area contributed by atoms with Crippen LogP contribution in [0.3, 0.4) is 0 Å². The summed E-state index contributed by atoms with van der Waals surface area (Å²) in [6.45, 7) is 1.78. The van der Waals surface area contributed by atoms with Crippen LogP contribution in [0.1, 0.15) is 63.4 Å². The number of nitrogens with one attached hydrogen (secondary N) is 1. The van der Waals surface area contributed by atoms with Crippen LogP contribution >= 0.6 is 0 Å². The molecule has 0 spiro atoms. The van der Waals surface area contributed by atoms with Gasteiger partial charge in [0.25, 0.3) is 0 Å². The quantitative estimate of drug-likeness (QED) is 0.490. The lowest BCUT2D eigenvalue weighted by Crippen LogP contribution is -2.56. The van der Waals surface area contributed by atoms with Gasteiger partial charge in [0.1, 0.15) is 12.3 Å². The van der Waals surface area contributed by atoms with Crippen molar-refractivity contribution in [3.63, 3.8) is 0 Å². The van der Waals surface area contributed by atoms with Crippen molar-refractivity contribution in [3.05, 3.63) is 54.1 Å². The Morgan fingerprint density at radius 1 is 0.805 bits per heavy atom. The Morgan fingerprint density at radius 3 is 2.07 bits per heavy atom. The summed E-state index contributed by atoms with van der Waals surface area (Å²) in [5, 5.41) is 2.58. The number of ether oxygens (including phenoxy) is 1. The number of fused-ring (bicyclic) bond motifs is 1. The van der Waals surface area contributed by atoms with E-state index in [9.17, 15) is 14.4 Å². The van der Waals surface area contributed by atoms with Gasteiger partial charge >= 0.3 is 12.1 Å². The normalized spacial score (nSPS) is 19.8. The molecule has 9 nitrogen and oxygen atoms in total. The highest BCUT2D eigenvalue weighted by molar-refractivity contribution is 6.14. The molecule has 2 fully saturated rings. The molecule has 2 aromatic carbocycles. The number of likely N-dealkylation sites (N-methyl/N-ethyl adjacent to an activating group) is 1. The zero-order valence-corrected chi connectivity index (χ0v) is 24.4. The van der Waals surface area contributed by atoms with E-state index < -0.39 is 12.1 Å². The summed E-state index contributed by atoms with van der Waals surface area (Å²) in [6, 6.07) is 14.8. The molecule has 2 heterocycles. The molecule has 0 radical (unpaired) electrons. The predicted molar refractivity (Wildman–Crippen MR) is 160 cm³/mol. The monoisotopic (exact) mass is 561 g/mol. The van der Waals surface area contributed by atoms with Gasteiger partial charge in [-0.25, -0.2) is 14.5 Å². The Kier molecular flexibility index (Phi) is 9.44. The predicted octanol–water partition coefficient (Wildman–Crippen LogP) is 5.39. The molecule has 1 saturated heterocycles. The summed E-state index contributed by atoms with van der Waals surface area (Å²) in [5.41, 5.74) is 2.27. The highest BCUT2D eigenvalue weighted by Gasteiger charge is 2.42. The number of amides is 5. The SMILES string of the molecule is CNC(=O)CN1C(=O)N(Cc2ccc(OC)cc2)c2ccccc2N(C2CCN(C3CCCCCCC3)CC2)C1=O. The molecule has 0 aromatic heterocycles. The van der Waals surface area contributed by atoms with Crippen LogP contribution in [0, 0.1) is 0 Å². The van der Waals surface area contributed by atoms with Crippen LogP contribution in [-0.2, 0) is 11.3 Å². The molecule has 0 unspecified atom stereocenters. The van der Waals surface area contributed by atoms with Gasteiger partial charge in [0, 0.05) is 32.2 Å². The molecule has 5 rings (SSSR count). The van der Waals surface area contributed by atoms with E-state index in [0.717, 1.165) is 42.1 Å². The minimum atomic E-state index is -0.503. The van der Waals surface area contributed by atoms with Gasteiger partial charge in [0.2, 0.25) is 5.91 Å². The third-order valence-corrected chi connectivity index (χ3v) is 8.87. The number of benzene rings is 2. The summed E-state index contributed by atoms with van der Waals surface area (Å²) in [7, 11) is 3.13. The van der Waals surface area contributed by atoms with Crippen LogP contribution in [0.5, 0.6) is 5.75 Å². The van der Waals surface area contributed by atoms with Crippen molar-refractivity contribution in [2.24, 2.45) is 0 Å². The third-order valence-electron chi connectivity index (χ3n) is 8.87. The van der Waals surface area contributed by atoms with Crippen LogP contribution in [0.25, 0.3) is 0 Å². The molecule has 220 valence electrons. The van der Waals surface area contributed by atoms with Gasteiger partial charge in [-0.2, -0.15) is 0 Å². The standard InChI is InChI=1S/C32H43N5O4/c1-33-30(38)23-36-31(39)35(22-24-14-16-27(41-2)17-15-24)28-12-8-9-13-29(28)37(32(36)40)26-18-20-34(21-19-26)25-10-6-4-3-5-7-11-25/h8-9,12-17,25-26H,3-7,10-11,18-23H2,1-2H3,(H,33,38). The number of hydrogen-bond donors (Lipinski definition) is 1. The first kappa shape index (κ1) is 28.9. The number of hydrogen-bond acceptors (Lipinski definition) is 5. The molecule has 2 aromatic rings. The van der Waals surface area contributed by atoms with Crippen molar-refractivity contribution in [1.82, 2.24) is 15.1 Å². The first-order valence-electron chi connectivity index (χ1n) is 15.1. The minimum absolute atomic E-state index is 0.0608. The molecule has 0 bridgehead atoms. The Morgan fingerprint density at radius 2 is 1.44 bits per heavy atom. The van der Waals surface area contributed by atoms with E-state index in [1.165, 1.54) is 52.0 Å². The van der Waals surface area contributed by atoms with Crippen molar-refractivity contribution in [2.45, 2.75) is 76.4 Å². The van der Waals surface area contributed by atoms with Crippen LogP contribution in [0.15, 0.2) is 48.5 Å². The van der Waals surface area contributed by atoms with E-state index in [0.29, 0.717) is 17.4 Å². The van der Waals surface area contributed by atoms with Crippen molar-refractivity contribution < 1.29 is 19.1 Å². The average Bonchev–Trinajstić information content (AvgIpc) is 3.06. The van der Waals surface area contributed by atoms with Gasteiger partial charge in [-0.15, -0.1) is 0 Å². The second-order valence-corrected chi connectivity index (χ2v) is 11.4. The lowest BCUT2D eigenvalue weighted by Gasteiger charge is -2.42. The highest BCUT2D eigenvalue weighted by atomic mass is 16.5. The number of methoxy groups -OCH3 is 1. The number of piperidine rings is 1. The zero-order chi connectivity index (χ0) is 28.8. The Bertz CT molecular complexity index is 1200. The van der Waals surface area contributed by atoms with Crippen LogP contribution < -0.4 is 19.9 Å². The fourth-order valence-electron chi connectivity index (χ4n) is 6.55. The first-order valence-corrected chi connectivity index (χ1v) is 15.1. The Balaban J connectivity index is 1.44. The van der Waals surface area contributed by atoms with Crippen molar-refractivity contribution in [1.29, 1.82) is 0 Å². The number of carbonyl (C=O) groups is 3. The molecule has 2 aliphatic heterocycles. The number of para-hydroxylation sites is 2. The number of nitrogens with zero attached hydrogens (tertiary/aromatic N) is 4. The number of anilines is 2. The fraction of sp³-hybridized carbons (Fsp3) is 0.531. The lowest BCUT2D eigenvalue weighted by atomic mass is 9.93. The van der Waals surface area contributed by atoms with E-state index in [1.54, 1.807) is 16.9 Å². The number of rotatable bonds is 7. The Labute approximate surface area is 243 Å². The number of urea groups is 2. The maximum atomic E-state index is 14.2. The molecule has 1 saturated carbocycles. The van der Waals surface area contributed by atoms with E-state index >= 15 is 0 Å². The first-order chi connectivity index (χ1) is 20.0. The van der Waals surface area contributed by atoms with Gasteiger partial charge in [-0.1, -0.05) is 56.4 Å². The highest BCUT2D eigenvalue weighted by Crippen LogP contribution is 2.38. The van der Waals surface area contributed by atoms with Crippen LogP contribution in [-0.4, -0.2) is 73.6 Å². The number of imide groups is 1. The molecule has 5 amide bonds. The van der Waals surface area contributed by atoms with Crippen LogP contribution in [0.4, 0.5) is 21.0 Å². The van der Waals surface area contributed by atoms with E-state index in [2.05, 4.69) is 10.2 Å². The second kappa shape index (κ2) is 13.4. The third kappa shape index (κ3) is 6.50. The molecule has 1 aliphatic carbocycles. The van der Waals surface area contributed by atoms with E-state index in [4.69, 9.17) is 4.74 Å². The van der Waals surface area contributed by atoms with Gasteiger partial charge in [-0.05, 0) is 55.5 Å². The summed E-state index contributed by atoms with van der Waals surface area (Å²) in [5.74, 6) is 0.339. The van der Waals surface area contributed by atoms with Crippen molar-refractivity contribution in [2.75, 3.05) is 43.6 Å². The molecule has 9 heteroatoms. The molecular formula is C32H43N5O4. The Hall–Kier alpha value is -3.59. The van der Waals surface area contributed by atoms with Gasteiger partial charge in [0.15, 0.2) is 0 Å². The van der Waals surface area contributed by atoms with Gasteiger partial charge in [0.05, 0.1) is 25.0 Å². The van der Waals surface area contributed by atoms with Gasteiger partial charge in [-0.3, -0.25) is 14.6 Å². The molecule has 0 atom stereocenters. The maximum Gasteiger partial charge on any atom is 0.333 e. The van der Waals surface area contributed by atoms with Crippen molar-refractivity contribution >= 4 is 29.3 Å². The minimum Gasteiger partial charge on any atom is -0.497 e. The second-order valence-electron chi connectivity index (χ2n) is 11.4. The maximum absolute atomic E-state index is 14.2. The number of carbonyl (C=O) groups excluding carboxylic acids is 3. The zero-order valence-electron chi connectivity index (χ0n) is 24.4. The smallest absolute Gasteiger partial charge is 0.333 e. The lowest BCUT2D eigenvalue weighted by molar-refractivity contribution is -0.120. The van der Waals surface area contributed by atoms with Crippen molar-refractivity contribution in [3.8, 4) is 5.75 Å². The average molecular weight is 562 g/mol. The summed E-state index contributed by atoms with van der Waals surface area (Å²) in [4.78, 5) is 47.9. The topological polar surface area (TPSA) is 85.4 Å². The number of likely N-dealkylation sites (tertiary alicyclic amines) is 1. The van der Waals surface area contributed by atoms with Gasteiger partial charge < -0.3 is 15.0 Å². The fourth-order valence-corrected chi connectivity index (χ4v) is 6.55. The molecule has 1 N–H and O–H groups in total. The summed E-state index contributed by atoms with van der Waals surface area (Å²) >= 11 is 0. The molecule has 3 aliphatic rings. The molecule has 41 heavy (non-hydrogen) atoms. The summed E-state index contributed by atoms with van der Waals surface area (Å²) < 4.78 is 5.29. The largest absolute Gasteiger partial charge is 0.497 e. The van der Waals surface area contributed by atoms with E-state index in [1.807, 2.05) is 48.5 Å². The van der Waals surface area contributed by atoms with Crippen LogP contribution in [0.2, 0.25) is 0 Å². The van der Waals surface area contributed by atoms with E-state index in [-0.39, 0.29) is 25.0 Å².